The first-order valence-corrected chi connectivity index (χ1v) is 6.04. The van der Waals surface area contributed by atoms with Crippen molar-refractivity contribution in [1.82, 2.24) is 9.97 Å². The molecule has 1 aromatic rings. The number of rotatable bonds is 5. The third-order valence-electron chi connectivity index (χ3n) is 3.12. The molecule has 0 aromatic carbocycles. The van der Waals surface area contributed by atoms with Crippen LogP contribution in [0.3, 0.4) is 0 Å². The Kier molecular flexibility index (Phi) is 3.27. The van der Waals surface area contributed by atoms with Crippen LogP contribution >= 0.6 is 0 Å². The Morgan fingerprint density at radius 3 is 2.69 bits per heavy atom. The zero-order chi connectivity index (χ0) is 11.5. The molecule has 0 radical (unpaired) electrons. The highest BCUT2D eigenvalue weighted by Crippen LogP contribution is 2.34. The van der Waals surface area contributed by atoms with E-state index in [-0.39, 0.29) is 0 Å². The fourth-order valence-electron chi connectivity index (χ4n) is 1.87. The van der Waals surface area contributed by atoms with E-state index in [1.807, 2.05) is 0 Å². The molecule has 2 N–H and O–H groups in total. The standard InChI is InChI=1S/C12H20N4/c1-4-13-11-8(2)12(15-7-14-11)16-9(3)10-5-6-10/h7,9-10H,4-6H2,1-3H3,(H2,13,14,15,16). The van der Waals surface area contributed by atoms with Crippen molar-refractivity contribution in [1.29, 1.82) is 0 Å². The van der Waals surface area contributed by atoms with Gasteiger partial charge in [-0.2, -0.15) is 0 Å². The van der Waals surface area contributed by atoms with E-state index in [4.69, 9.17) is 0 Å². The van der Waals surface area contributed by atoms with Gasteiger partial charge in [-0.3, -0.25) is 0 Å². The molecule has 0 amide bonds. The van der Waals surface area contributed by atoms with Crippen molar-refractivity contribution in [3.8, 4) is 0 Å². The minimum Gasteiger partial charge on any atom is -0.370 e. The molecule has 4 heteroatoms. The molecule has 88 valence electrons. The first-order chi connectivity index (χ1) is 7.72. The highest BCUT2D eigenvalue weighted by atomic mass is 15.1. The maximum Gasteiger partial charge on any atom is 0.134 e. The number of hydrogen-bond donors (Lipinski definition) is 2. The molecule has 0 saturated heterocycles. The molecule has 1 aliphatic carbocycles. The van der Waals surface area contributed by atoms with Crippen LogP contribution in [-0.4, -0.2) is 22.6 Å². The van der Waals surface area contributed by atoms with E-state index in [1.165, 1.54) is 12.8 Å². The Hall–Kier alpha value is -1.32. The van der Waals surface area contributed by atoms with Gasteiger partial charge in [0.15, 0.2) is 0 Å². The Morgan fingerprint density at radius 2 is 2.06 bits per heavy atom. The van der Waals surface area contributed by atoms with Gasteiger partial charge in [0.25, 0.3) is 0 Å². The summed E-state index contributed by atoms with van der Waals surface area (Å²) in [5.41, 5.74) is 1.11. The fourth-order valence-corrected chi connectivity index (χ4v) is 1.87. The average molecular weight is 220 g/mol. The van der Waals surface area contributed by atoms with E-state index >= 15 is 0 Å². The Bertz CT molecular complexity index is 360. The van der Waals surface area contributed by atoms with Gasteiger partial charge in [-0.05, 0) is 39.5 Å². The lowest BCUT2D eigenvalue weighted by Gasteiger charge is -2.16. The van der Waals surface area contributed by atoms with Crippen LogP contribution in [0.25, 0.3) is 0 Å². The summed E-state index contributed by atoms with van der Waals surface area (Å²) in [6, 6.07) is 0.517. The number of anilines is 2. The summed E-state index contributed by atoms with van der Waals surface area (Å²) in [7, 11) is 0. The predicted molar refractivity (Wildman–Crippen MR) is 66.7 cm³/mol. The topological polar surface area (TPSA) is 49.8 Å². The van der Waals surface area contributed by atoms with Gasteiger partial charge in [-0.1, -0.05) is 0 Å². The quantitative estimate of drug-likeness (QED) is 0.800. The number of hydrogen-bond acceptors (Lipinski definition) is 4. The lowest BCUT2D eigenvalue weighted by atomic mass is 10.2. The lowest BCUT2D eigenvalue weighted by Crippen LogP contribution is -2.19. The van der Waals surface area contributed by atoms with Crippen LogP contribution in [0, 0.1) is 12.8 Å². The maximum atomic E-state index is 4.31. The van der Waals surface area contributed by atoms with E-state index < -0.39 is 0 Å². The molecule has 1 heterocycles. The normalized spacial score (nSPS) is 16.9. The molecular weight excluding hydrogens is 200 g/mol. The SMILES string of the molecule is CCNc1ncnc(NC(C)C2CC2)c1C. The van der Waals surface area contributed by atoms with Crippen LogP contribution in [0.1, 0.15) is 32.3 Å². The minimum absolute atomic E-state index is 0.517. The number of aromatic nitrogens is 2. The van der Waals surface area contributed by atoms with Gasteiger partial charge < -0.3 is 10.6 Å². The van der Waals surface area contributed by atoms with Crippen LogP contribution < -0.4 is 10.6 Å². The van der Waals surface area contributed by atoms with Crippen molar-refractivity contribution in [3.63, 3.8) is 0 Å². The molecule has 0 aliphatic heterocycles. The molecule has 1 fully saturated rings. The van der Waals surface area contributed by atoms with Crippen LogP contribution in [0.4, 0.5) is 11.6 Å². The largest absolute Gasteiger partial charge is 0.370 e. The summed E-state index contributed by atoms with van der Waals surface area (Å²) in [5.74, 6) is 2.73. The van der Waals surface area contributed by atoms with Gasteiger partial charge in [0.05, 0.1) is 0 Å². The van der Waals surface area contributed by atoms with Crippen molar-refractivity contribution in [2.24, 2.45) is 5.92 Å². The first kappa shape index (κ1) is 11.2. The van der Waals surface area contributed by atoms with Gasteiger partial charge in [-0.25, -0.2) is 9.97 Å². The van der Waals surface area contributed by atoms with E-state index in [0.29, 0.717) is 6.04 Å². The molecule has 2 rings (SSSR count). The summed E-state index contributed by atoms with van der Waals surface area (Å²) in [6.07, 6.45) is 4.31. The van der Waals surface area contributed by atoms with Crippen LogP contribution in [0.15, 0.2) is 6.33 Å². The molecule has 1 aromatic heterocycles. The fraction of sp³-hybridized carbons (Fsp3) is 0.667. The summed E-state index contributed by atoms with van der Waals surface area (Å²) in [4.78, 5) is 8.54. The highest BCUT2D eigenvalue weighted by molar-refractivity contribution is 5.56. The first-order valence-electron chi connectivity index (χ1n) is 6.04. The Labute approximate surface area is 96.9 Å². The average Bonchev–Trinajstić information content (AvgIpc) is 3.07. The van der Waals surface area contributed by atoms with Crippen molar-refractivity contribution < 1.29 is 0 Å². The van der Waals surface area contributed by atoms with Crippen molar-refractivity contribution >= 4 is 11.6 Å². The van der Waals surface area contributed by atoms with Crippen molar-refractivity contribution in [2.75, 3.05) is 17.2 Å². The van der Waals surface area contributed by atoms with E-state index in [0.717, 1.165) is 29.7 Å². The molecule has 0 spiro atoms. The second-order valence-corrected chi connectivity index (χ2v) is 4.50. The van der Waals surface area contributed by atoms with Crippen LogP contribution in [-0.2, 0) is 0 Å². The summed E-state index contributed by atoms with van der Waals surface area (Å²) < 4.78 is 0. The number of nitrogens with zero attached hydrogens (tertiary/aromatic N) is 2. The second kappa shape index (κ2) is 4.68. The van der Waals surface area contributed by atoms with Crippen LogP contribution in [0.5, 0.6) is 0 Å². The van der Waals surface area contributed by atoms with Crippen LogP contribution in [0.2, 0.25) is 0 Å². The summed E-state index contributed by atoms with van der Waals surface area (Å²) >= 11 is 0. The third kappa shape index (κ3) is 2.43. The summed E-state index contributed by atoms with van der Waals surface area (Å²) in [5, 5.41) is 6.72. The predicted octanol–water partition coefficient (Wildman–Crippen LogP) is 2.43. The Balaban J connectivity index is 2.10. The monoisotopic (exact) mass is 220 g/mol. The second-order valence-electron chi connectivity index (χ2n) is 4.50. The van der Waals surface area contributed by atoms with Crippen molar-refractivity contribution in [2.45, 2.75) is 39.7 Å². The van der Waals surface area contributed by atoms with Gasteiger partial charge >= 0.3 is 0 Å². The molecule has 0 bridgehead atoms. The molecule has 1 aliphatic rings. The van der Waals surface area contributed by atoms with Gasteiger partial charge in [0, 0.05) is 18.2 Å². The molecule has 1 atom stereocenters. The summed E-state index contributed by atoms with van der Waals surface area (Å²) in [6.45, 7) is 7.24. The molecule has 1 saturated carbocycles. The van der Waals surface area contributed by atoms with E-state index in [1.54, 1.807) is 6.33 Å². The number of nitrogens with one attached hydrogen (secondary N) is 2. The smallest absolute Gasteiger partial charge is 0.134 e. The minimum atomic E-state index is 0.517. The van der Waals surface area contributed by atoms with Crippen molar-refractivity contribution in [3.05, 3.63) is 11.9 Å². The van der Waals surface area contributed by atoms with Gasteiger partial charge in [-0.15, -0.1) is 0 Å². The highest BCUT2D eigenvalue weighted by Gasteiger charge is 2.28. The molecule has 16 heavy (non-hydrogen) atoms. The Morgan fingerprint density at radius 1 is 1.38 bits per heavy atom. The maximum absolute atomic E-state index is 4.31. The zero-order valence-corrected chi connectivity index (χ0v) is 10.2. The zero-order valence-electron chi connectivity index (χ0n) is 10.2. The molecular formula is C12H20N4. The molecule has 1 unspecified atom stereocenters. The lowest BCUT2D eigenvalue weighted by molar-refractivity contribution is 0.689. The molecule has 4 nitrogen and oxygen atoms in total. The van der Waals surface area contributed by atoms with Gasteiger partial charge in [0.1, 0.15) is 18.0 Å². The third-order valence-corrected chi connectivity index (χ3v) is 3.12. The van der Waals surface area contributed by atoms with E-state index in [2.05, 4.69) is 41.4 Å². The van der Waals surface area contributed by atoms with E-state index in [9.17, 15) is 0 Å². The van der Waals surface area contributed by atoms with Gasteiger partial charge in [0.2, 0.25) is 0 Å².